The van der Waals surface area contributed by atoms with Crippen LogP contribution in [0.4, 0.5) is 0 Å². The summed E-state index contributed by atoms with van der Waals surface area (Å²) in [6, 6.07) is 1.45. The molecule has 2 rings (SSSR count). The molecule has 2 heterocycles. The van der Waals surface area contributed by atoms with Crippen LogP contribution in [0.3, 0.4) is 0 Å². The maximum absolute atomic E-state index is 12.4. The van der Waals surface area contributed by atoms with Crippen LogP contribution in [0.5, 0.6) is 0 Å². The summed E-state index contributed by atoms with van der Waals surface area (Å²) in [6.45, 7) is 0.733. The Labute approximate surface area is 123 Å². The molecule has 0 aliphatic carbocycles. The number of nitrogens with zero attached hydrogens (tertiary/aromatic N) is 2. The summed E-state index contributed by atoms with van der Waals surface area (Å²) in [4.78, 5) is 14.7. The van der Waals surface area contributed by atoms with Crippen molar-refractivity contribution in [3.05, 3.63) is 23.5 Å². The lowest BCUT2D eigenvalue weighted by Crippen LogP contribution is -2.39. The second kappa shape index (κ2) is 6.07. The van der Waals surface area contributed by atoms with E-state index in [2.05, 4.69) is 4.98 Å². The molecule has 0 aromatic carbocycles. The SMILES string of the molecule is NC(=O)CC1CCN(S(=O)(=O)c2cnccc2Cl)CC1. The number of hydrogen-bond donors (Lipinski definition) is 1. The molecular weight excluding hydrogens is 302 g/mol. The van der Waals surface area contributed by atoms with Crippen LogP contribution in [-0.4, -0.2) is 36.7 Å². The molecule has 8 heteroatoms. The van der Waals surface area contributed by atoms with Gasteiger partial charge in [-0.05, 0) is 24.8 Å². The van der Waals surface area contributed by atoms with E-state index in [1.165, 1.54) is 22.8 Å². The van der Waals surface area contributed by atoms with Crippen LogP contribution in [0.2, 0.25) is 5.02 Å². The van der Waals surface area contributed by atoms with Gasteiger partial charge in [0.2, 0.25) is 15.9 Å². The van der Waals surface area contributed by atoms with E-state index in [-0.39, 0.29) is 21.7 Å². The van der Waals surface area contributed by atoms with Crippen molar-refractivity contribution >= 4 is 27.5 Å². The Bertz CT molecular complexity index is 598. The Hall–Kier alpha value is -1.18. The lowest BCUT2D eigenvalue weighted by molar-refractivity contribution is -0.119. The Morgan fingerprint density at radius 1 is 1.45 bits per heavy atom. The standard InChI is InChI=1S/C12H16ClN3O3S/c13-10-1-4-15-8-11(10)20(18,19)16-5-2-9(3-6-16)7-12(14)17/h1,4,8-9H,2-3,5-7H2,(H2,14,17). The van der Waals surface area contributed by atoms with E-state index in [9.17, 15) is 13.2 Å². The van der Waals surface area contributed by atoms with Crippen LogP contribution in [0.25, 0.3) is 0 Å². The molecule has 6 nitrogen and oxygen atoms in total. The maximum atomic E-state index is 12.4. The minimum Gasteiger partial charge on any atom is -0.370 e. The highest BCUT2D eigenvalue weighted by Crippen LogP contribution is 2.28. The van der Waals surface area contributed by atoms with Gasteiger partial charge in [-0.25, -0.2) is 8.42 Å². The third kappa shape index (κ3) is 3.28. The molecule has 20 heavy (non-hydrogen) atoms. The smallest absolute Gasteiger partial charge is 0.246 e. The van der Waals surface area contributed by atoms with Gasteiger partial charge in [0.25, 0.3) is 0 Å². The first-order valence-corrected chi connectivity index (χ1v) is 8.11. The summed E-state index contributed by atoms with van der Waals surface area (Å²) in [7, 11) is -3.62. The highest BCUT2D eigenvalue weighted by Gasteiger charge is 2.31. The van der Waals surface area contributed by atoms with Gasteiger partial charge in [0.1, 0.15) is 4.90 Å². The van der Waals surface area contributed by atoms with Crippen LogP contribution < -0.4 is 5.73 Å². The highest BCUT2D eigenvalue weighted by atomic mass is 35.5. The van der Waals surface area contributed by atoms with E-state index in [4.69, 9.17) is 17.3 Å². The molecule has 0 atom stereocenters. The van der Waals surface area contributed by atoms with Gasteiger partial charge in [0.15, 0.2) is 0 Å². The van der Waals surface area contributed by atoms with Crippen molar-refractivity contribution in [1.29, 1.82) is 0 Å². The monoisotopic (exact) mass is 317 g/mol. The molecule has 1 saturated heterocycles. The molecule has 0 saturated carbocycles. The highest BCUT2D eigenvalue weighted by molar-refractivity contribution is 7.89. The Kier molecular flexibility index (Phi) is 4.62. The number of aromatic nitrogens is 1. The third-order valence-corrected chi connectivity index (χ3v) is 5.78. The molecule has 2 N–H and O–H groups in total. The molecule has 1 aliphatic heterocycles. The molecule has 0 spiro atoms. The van der Waals surface area contributed by atoms with Crippen molar-refractivity contribution in [1.82, 2.24) is 9.29 Å². The van der Waals surface area contributed by atoms with Crippen molar-refractivity contribution in [2.75, 3.05) is 13.1 Å². The van der Waals surface area contributed by atoms with E-state index in [0.717, 1.165) is 0 Å². The number of rotatable bonds is 4. The number of piperidine rings is 1. The largest absolute Gasteiger partial charge is 0.370 e. The number of hydrogen-bond acceptors (Lipinski definition) is 4. The predicted molar refractivity (Wildman–Crippen MR) is 74.5 cm³/mol. The number of amides is 1. The number of pyridine rings is 1. The van der Waals surface area contributed by atoms with Gasteiger partial charge >= 0.3 is 0 Å². The second-order valence-electron chi connectivity index (χ2n) is 4.82. The zero-order valence-corrected chi connectivity index (χ0v) is 12.4. The van der Waals surface area contributed by atoms with Crippen LogP contribution in [0, 0.1) is 5.92 Å². The van der Waals surface area contributed by atoms with Crippen LogP contribution in [0.1, 0.15) is 19.3 Å². The summed E-state index contributed by atoms with van der Waals surface area (Å²) in [6.07, 6.45) is 4.26. The van der Waals surface area contributed by atoms with Gasteiger partial charge in [-0.15, -0.1) is 0 Å². The Morgan fingerprint density at radius 2 is 2.10 bits per heavy atom. The number of carbonyl (C=O) groups excluding carboxylic acids is 1. The molecular formula is C12H16ClN3O3S. The maximum Gasteiger partial charge on any atom is 0.246 e. The lowest BCUT2D eigenvalue weighted by atomic mass is 9.94. The van der Waals surface area contributed by atoms with Gasteiger partial charge in [0, 0.05) is 31.9 Å². The van der Waals surface area contributed by atoms with Crippen molar-refractivity contribution in [3.63, 3.8) is 0 Å². The zero-order valence-electron chi connectivity index (χ0n) is 10.8. The van der Waals surface area contributed by atoms with Gasteiger partial charge in [-0.2, -0.15) is 4.31 Å². The first-order valence-electron chi connectivity index (χ1n) is 6.29. The lowest BCUT2D eigenvalue weighted by Gasteiger charge is -2.30. The normalized spacial score (nSPS) is 18.1. The molecule has 110 valence electrons. The van der Waals surface area contributed by atoms with Crippen molar-refractivity contribution < 1.29 is 13.2 Å². The molecule has 1 aromatic rings. The van der Waals surface area contributed by atoms with E-state index < -0.39 is 10.0 Å². The first kappa shape index (κ1) is 15.2. The fourth-order valence-corrected chi connectivity index (χ4v) is 4.21. The number of nitrogens with two attached hydrogens (primary N) is 1. The minimum atomic E-state index is -3.62. The Balaban J connectivity index is 2.10. The van der Waals surface area contributed by atoms with Crippen molar-refractivity contribution in [3.8, 4) is 0 Å². The molecule has 0 bridgehead atoms. The second-order valence-corrected chi connectivity index (χ2v) is 7.14. The third-order valence-electron chi connectivity index (χ3n) is 3.42. The fourth-order valence-electron chi connectivity index (χ4n) is 2.33. The average molecular weight is 318 g/mol. The molecule has 1 fully saturated rings. The molecule has 1 aliphatic rings. The van der Waals surface area contributed by atoms with Gasteiger partial charge < -0.3 is 5.73 Å². The van der Waals surface area contributed by atoms with Gasteiger partial charge in [0.05, 0.1) is 5.02 Å². The number of carbonyl (C=O) groups is 1. The fraction of sp³-hybridized carbons (Fsp3) is 0.500. The van der Waals surface area contributed by atoms with Crippen LogP contribution >= 0.6 is 11.6 Å². The summed E-state index contributed by atoms with van der Waals surface area (Å²) in [5.74, 6) is -0.190. The summed E-state index contributed by atoms with van der Waals surface area (Å²) < 4.78 is 26.3. The molecule has 1 aromatic heterocycles. The molecule has 0 radical (unpaired) electrons. The Morgan fingerprint density at radius 3 is 2.65 bits per heavy atom. The number of primary amides is 1. The van der Waals surface area contributed by atoms with E-state index in [1.54, 1.807) is 0 Å². The molecule has 0 unspecified atom stereocenters. The van der Waals surface area contributed by atoms with E-state index in [0.29, 0.717) is 32.4 Å². The summed E-state index contributed by atoms with van der Waals surface area (Å²) >= 11 is 5.92. The number of halogens is 1. The van der Waals surface area contributed by atoms with Crippen LogP contribution in [-0.2, 0) is 14.8 Å². The van der Waals surface area contributed by atoms with Gasteiger partial charge in [-0.3, -0.25) is 9.78 Å². The summed E-state index contributed by atoms with van der Waals surface area (Å²) in [5.41, 5.74) is 5.16. The van der Waals surface area contributed by atoms with Crippen molar-refractivity contribution in [2.24, 2.45) is 11.7 Å². The van der Waals surface area contributed by atoms with Crippen molar-refractivity contribution in [2.45, 2.75) is 24.2 Å². The topological polar surface area (TPSA) is 93.4 Å². The molecule has 1 amide bonds. The summed E-state index contributed by atoms with van der Waals surface area (Å²) in [5, 5.41) is 0.166. The van der Waals surface area contributed by atoms with Crippen LogP contribution in [0.15, 0.2) is 23.4 Å². The van der Waals surface area contributed by atoms with E-state index in [1.807, 2.05) is 0 Å². The minimum absolute atomic E-state index is 0.0232. The first-order chi connectivity index (χ1) is 9.41. The zero-order chi connectivity index (χ0) is 14.8. The quantitative estimate of drug-likeness (QED) is 0.896. The predicted octanol–water partition coefficient (Wildman–Crippen LogP) is 1.01. The van der Waals surface area contributed by atoms with Gasteiger partial charge in [-0.1, -0.05) is 11.6 Å². The number of sulfonamides is 1. The van der Waals surface area contributed by atoms with E-state index >= 15 is 0 Å². The average Bonchev–Trinajstić information content (AvgIpc) is 2.39.